The standard InChI is InChI=1S/C39H53N5O6/c1-25(2)19-30-22-34(45)31(20-26(3)4)42-36(47)27(5)40-37(48)32(21-28-13-8-6-9-14-28)41-35(46)24-43(23-29-15-10-7-11-16-29)39(50)33-17-12-18-44(33)38(30)49/h6-11,13-16,25-27,30-33H,12,17-24H2,1-5H3,(H,40,48)(H,41,46)(H,42,47)/t27-,30+,31-,32-,33+/m0/s1. The number of hydrogen-bond donors (Lipinski definition) is 3. The van der Waals surface area contributed by atoms with Gasteiger partial charge in [-0.1, -0.05) is 88.4 Å². The quantitative estimate of drug-likeness (QED) is 0.388. The van der Waals surface area contributed by atoms with Gasteiger partial charge in [0.05, 0.1) is 12.6 Å². The minimum atomic E-state index is -1.05. The SMILES string of the molecule is CC(C)C[C@@H]1CC(=O)[C@H](CC(C)C)NC(=O)[C@H](C)NC(=O)[C@H](Cc2ccccc2)NC(=O)CN(Cc2ccccc2)C(=O)[C@H]2CCCN2C1=O. The van der Waals surface area contributed by atoms with Crippen LogP contribution in [0.5, 0.6) is 0 Å². The van der Waals surface area contributed by atoms with E-state index in [-0.39, 0.29) is 55.4 Å². The normalized spacial score (nSPS) is 24.8. The zero-order valence-corrected chi connectivity index (χ0v) is 30.0. The van der Waals surface area contributed by atoms with Gasteiger partial charge in [-0.3, -0.25) is 28.8 Å². The second-order valence-electron chi connectivity index (χ2n) is 14.6. The lowest BCUT2D eigenvalue weighted by Crippen LogP contribution is -2.57. The van der Waals surface area contributed by atoms with Gasteiger partial charge >= 0.3 is 0 Å². The third-order valence-corrected chi connectivity index (χ3v) is 9.33. The molecule has 4 rings (SSSR count). The van der Waals surface area contributed by atoms with Crippen LogP contribution in [-0.4, -0.2) is 82.4 Å². The first-order valence-electron chi connectivity index (χ1n) is 17.9. The average molecular weight is 688 g/mol. The Morgan fingerprint density at radius 3 is 1.96 bits per heavy atom. The summed E-state index contributed by atoms with van der Waals surface area (Å²) in [6.07, 6.45) is 1.91. The molecular formula is C39H53N5O6. The van der Waals surface area contributed by atoms with E-state index in [9.17, 15) is 28.8 Å². The van der Waals surface area contributed by atoms with Crippen LogP contribution < -0.4 is 16.0 Å². The zero-order valence-electron chi connectivity index (χ0n) is 30.0. The first-order valence-corrected chi connectivity index (χ1v) is 17.9. The number of rotatable bonds is 8. The summed E-state index contributed by atoms with van der Waals surface area (Å²) in [7, 11) is 0. The molecule has 11 nitrogen and oxygen atoms in total. The van der Waals surface area contributed by atoms with Crippen LogP contribution in [0.25, 0.3) is 0 Å². The van der Waals surface area contributed by atoms with Crippen LogP contribution in [0.1, 0.15) is 77.8 Å². The maximum absolute atomic E-state index is 14.4. The highest BCUT2D eigenvalue weighted by molar-refractivity contribution is 5.97. The van der Waals surface area contributed by atoms with E-state index < -0.39 is 47.8 Å². The fourth-order valence-electron chi connectivity index (χ4n) is 6.86. The van der Waals surface area contributed by atoms with E-state index in [4.69, 9.17) is 0 Å². The van der Waals surface area contributed by atoms with Crippen LogP contribution >= 0.6 is 0 Å². The van der Waals surface area contributed by atoms with Gasteiger partial charge in [-0.15, -0.1) is 0 Å². The second-order valence-corrected chi connectivity index (χ2v) is 14.6. The first kappa shape index (κ1) is 38.3. The molecule has 0 spiro atoms. The lowest BCUT2D eigenvalue weighted by Gasteiger charge is -2.33. The van der Waals surface area contributed by atoms with Crippen LogP contribution in [0, 0.1) is 17.8 Å². The Balaban J connectivity index is 1.74. The molecule has 2 saturated heterocycles. The summed E-state index contributed by atoms with van der Waals surface area (Å²) in [5.41, 5.74) is 1.60. The summed E-state index contributed by atoms with van der Waals surface area (Å²) in [4.78, 5) is 86.5. The molecule has 2 aromatic rings. The van der Waals surface area contributed by atoms with Crippen molar-refractivity contribution in [3.63, 3.8) is 0 Å². The van der Waals surface area contributed by atoms with Crippen molar-refractivity contribution >= 4 is 35.3 Å². The summed E-state index contributed by atoms with van der Waals surface area (Å²) < 4.78 is 0. The Morgan fingerprint density at radius 1 is 0.720 bits per heavy atom. The molecular weight excluding hydrogens is 634 g/mol. The fraction of sp³-hybridized carbons (Fsp3) is 0.538. The predicted octanol–water partition coefficient (Wildman–Crippen LogP) is 3.40. The molecule has 0 saturated carbocycles. The molecule has 50 heavy (non-hydrogen) atoms. The molecule has 270 valence electrons. The van der Waals surface area contributed by atoms with Crippen molar-refractivity contribution < 1.29 is 28.8 Å². The summed E-state index contributed by atoms with van der Waals surface area (Å²) in [6, 6.07) is 14.8. The van der Waals surface area contributed by atoms with E-state index in [0.29, 0.717) is 32.2 Å². The number of fused-ring (bicyclic) bond motifs is 1. The topological polar surface area (TPSA) is 145 Å². The molecule has 2 aliphatic heterocycles. The molecule has 3 N–H and O–H groups in total. The highest BCUT2D eigenvalue weighted by atomic mass is 16.2. The summed E-state index contributed by atoms with van der Waals surface area (Å²) in [5, 5.41) is 8.39. The minimum Gasteiger partial charge on any atom is -0.345 e. The maximum Gasteiger partial charge on any atom is 0.246 e. The molecule has 2 aliphatic rings. The Labute approximate surface area is 295 Å². The smallest absolute Gasteiger partial charge is 0.246 e. The van der Waals surface area contributed by atoms with Crippen LogP contribution in [0.3, 0.4) is 0 Å². The van der Waals surface area contributed by atoms with Gasteiger partial charge in [0.15, 0.2) is 5.78 Å². The van der Waals surface area contributed by atoms with Crippen LogP contribution in [-0.2, 0) is 41.7 Å². The number of hydrogen-bond acceptors (Lipinski definition) is 6. The van der Waals surface area contributed by atoms with Crippen LogP contribution in [0.4, 0.5) is 0 Å². The van der Waals surface area contributed by atoms with Gasteiger partial charge in [0.2, 0.25) is 29.5 Å². The van der Waals surface area contributed by atoms with Crippen molar-refractivity contribution in [2.75, 3.05) is 13.1 Å². The van der Waals surface area contributed by atoms with Gasteiger partial charge < -0.3 is 25.8 Å². The Morgan fingerprint density at radius 2 is 1.34 bits per heavy atom. The number of ketones is 1. The van der Waals surface area contributed by atoms with Gasteiger partial charge in [-0.2, -0.15) is 0 Å². The lowest BCUT2D eigenvalue weighted by molar-refractivity contribution is -0.148. The number of nitrogens with zero attached hydrogens (tertiary/aromatic N) is 2. The van der Waals surface area contributed by atoms with E-state index in [1.807, 2.05) is 88.4 Å². The summed E-state index contributed by atoms with van der Waals surface area (Å²) in [5.74, 6) is -3.03. The van der Waals surface area contributed by atoms with E-state index in [0.717, 1.165) is 11.1 Å². The summed E-state index contributed by atoms with van der Waals surface area (Å²) in [6.45, 7) is 9.55. The van der Waals surface area contributed by atoms with Gasteiger partial charge in [0.1, 0.15) is 18.1 Å². The average Bonchev–Trinajstić information content (AvgIpc) is 3.56. The van der Waals surface area contributed by atoms with Crippen molar-refractivity contribution in [2.45, 2.75) is 104 Å². The Hall–Kier alpha value is -4.54. The molecule has 0 aromatic heterocycles. The summed E-state index contributed by atoms with van der Waals surface area (Å²) >= 11 is 0. The third kappa shape index (κ3) is 10.7. The maximum atomic E-state index is 14.4. The van der Waals surface area contributed by atoms with Gasteiger partial charge in [-0.25, -0.2) is 0 Å². The van der Waals surface area contributed by atoms with Gasteiger partial charge in [0, 0.05) is 31.8 Å². The first-order chi connectivity index (χ1) is 23.8. The molecule has 0 unspecified atom stereocenters. The van der Waals surface area contributed by atoms with E-state index >= 15 is 0 Å². The molecule has 0 aliphatic carbocycles. The van der Waals surface area contributed by atoms with Crippen molar-refractivity contribution in [1.82, 2.24) is 25.8 Å². The van der Waals surface area contributed by atoms with Crippen molar-refractivity contribution in [1.29, 1.82) is 0 Å². The number of carbonyl (C=O) groups excluding carboxylic acids is 6. The Kier molecular flexibility index (Phi) is 13.7. The van der Waals surface area contributed by atoms with Crippen LogP contribution in [0.15, 0.2) is 60.7 Å². The molecule has 5 amide bonds. The molecule has 2 fully saturated rings. The molecule has 11 heteroatoms. The third-order valence-electron chi connectivity index (χ3n) is 9.33. The fourth-order valence-corrected chi connectivity index (χ4v) is 6.86. The van der Waals surface area contributed by atoms with Gasteiger partial charge in [-0.05, 0) is 55.6 Å². The predicted molar refractivity (Wildman–Crippen MR) is 190 cm³/mol. The van der Waals surface area contributed by atoms with Crippen molar-refractivity contribution in [3.8, 4) is 0 Å². The Bertz CT molecular complexity index is 1500. The van der Waals surface area contributed by atoms with Crippen molar-refractivity contribution in [2.24, 2.45) is 17.8 Å². The largest absolute Gasteiger partial charge is 0.345 e. The van der Waals surface area contributed by atoms with E-state index in [1.54, 1.807) is 4.90 Å². The zero-order chi connectivity index (χ0) is 36.4. The number of amides is 5. The number of Topliss-reactive ketones (excluding diaryl/α,β-unsaturated/α-hetero) is 1. The minimum absolute atomic E-state index is 0.0629. The van der Waals surface area contributed by atoms with Crippen LogP contribution in [0.2, 0.25) is 0 Å². The number of benzene rings is 2. The molecule has 0 radical (unpaired) electrons. The van der Waals surface area contributed by atoms with Gasteiger partial charge in [0.25, 0.3) is 0 Å². The van der Waals surface area contributed by atoms with Crippen molar-refractivity contribution in [3.05, 3.63) is 71.8 Å². The monoisotopic (exact) mass is 687 g/mol. The molecule has 0 bridgehead atoms. The number of nitrogens with one attached hydrogen (secondary N) is 3. The van der Waals surface area contributed by atoms with E-state index in [1.165, 1.54) is 11.8 Å². The molecule has 2 heterocycles. The number of carbonyl (C=O) groups is 6. The van der Waals surface area contributed by atoms with E-state index in [2.05, 4.69) is 16.0 Å². The highest BCUT2D eigenvalue weighted by Crippen LogP contribution is 2.27. The molecule has 2 aromatic carbocycles. The lowest BCUT2D eigenvalue weighted by atomic mass is 9.87. The molecule has 5 atom stereocenters. The second kappa shape index (κ2) is 17.9. The highest BCUT2D eigenvalue weighted by Gasteiger charge is 2.41.